The Bertz CT molecular complexity index is 939. The van der Waals surface area contributed by atoms with Gasteiger partial charge >= 0.3 is 0 Å². The van der Waals surface area contributed by atoms with Gasteiger partial charge in [0.2, 0.25) is 5.89 Å². The van der Waals surface area contributed by atoms with Gasteiger partial charge in [0, 0.05) is 30.9 Å². The van der Waals surface area contributed by atoms with E-state index in [-0.39, 0.29) is 12.5 Å². The van der Waals surface area contributed by atoms with Crippen molar-refractivity contribution in [3.05, 3.63) is 59.1 Å². The molecule has 0 fully saturated rings. The second kappa shape index (κ2) is 8.50. The van der Waals surface area contributed by atoms with Crippen LogP contribution in [-0.4, -0.2) is 39.7 Å². The summed E-state index contributed by atoms with van der Waals surface area (Å²) < 4.78 is 10.1. The van der Waals surface area contributed by atoms with Gasteiger partial charge in [0.25, 0.3) is 5.91 Å². The quantitative estimate of drug-likeness (QED) is 0.683. The van der Waals surface area contributed by atoms with E-state index in [4.69, 9.17) is 9.26 Å². The lowest BCUT2D eigenvalue weighted by Crippen LogP contribution is -2.23. The van der Waals surface area contributed by atoms with E-state index < -0.39 is 0 Å². The standard InChI is InChI=1S/C19H21N5O3/c1-12-10-20-13(2)18(22-12)14-5-4-6-15(9-14)19(25)21-11-17-23-16(24-27-17)7-8-26-3/h4-6,9-10H,7-8,11H2,1-3H3,(H,21,25). The Hall–Kier alpha value is -3.13. The fourth-order valence-corrected chi connectivity index (χ4v) is 2.53. The lowest BCUT2D eigenvalue weighted by Gasteiger charge is -2.08. The number of aromatic nitrogens is 4. The smallest absolute Gasteiger partial charge is 0.251 e. The molecule has 0 aliphatic carbocycles. The Balaban J connectivity index is 1.68. The van der Waals surface area contributed by atoms with E-state index in [1.807, 2.05) is 26.0 Å². The number of aryl methyl sites for hydroxylation is 2. The molecular formula is C19H21N5O3. The highest BCUT2D eigenvalue weighted by Gasteiger charge is 2.12. The Morgan fingerprint density at radius 3 is 2.93 bits per heavy atom. The average molecular weight is 367 g/mol. The average Bonchev–Trinajstić information content (AvgIpc) is 3.14. The molecule has 3 aromatic rings. The maximum Gasteiger partial charge on any atom is 0.251 e. The summed E-state index contributed by atoms with van der Waals surface area (Å²) in [5.41, 5.74) is 3.77. The number of carbonyl (C=O) groups is 1. The molecule has 140 valence electrons. The van der Waals surface area contributed by atoms with Crippen molar-refractivity contribution < 1.29 is 14.1 Å². The molecule has 0 atom stereocenters. The Kier molecular flexibility index (Phi) is 5.87. The summed E-state index contributed by atoms with van der Waals surface area (Å²) in [4.78, 5) is 25.5. The van der Waals surface area contributed by atoms with E-state index >= 15 is 0 Å². The van der Waals surface area contributed by atoms with Gasteiger partial charge in [0.1, 0.15) is 0 Å². The first kappa shape index (κ1) is 18.7. The van der Waals surface area contributed by atoms with Crippen LogP contribution in [0.15, 0.2) is 35.0 Å². The number of methoxy groups -OCH3 is 1. The second-order valence-corrected chi connectivity index (χ2v) is 6.06. The minimum atomic E-state index is -0.230. The molecule has 0 aliphatic heterocycles. The van der Waals surface area contributed by atoms with Crippen molar-refractivity contribution >= 4 is 5.91 Å². The summed E-state index contributed by atoms with van der Waals surface area (Å²) in [6.45, 7) is 4.45. The fraction of sp³-hybridized carbons (Fsp3) is 0.316. The maximum atomic E-state index is 12.5. The van der Waals surface area contributed by atoms with Crippen LogP contribution >= 0.6 is 0 Å². The molecule has 1 N–H and O–H groups in total. The molecule has 0 spiro atoms. The first-order valence-corrected chi connectivity index (χ1v) is 8.56. The van der Waals surface area contributed by atoms with Crippen molar-refractivity contribution in [2.24, 2.45) is 0 Å². The zero-order chi connectivity index (χ0) is 19.2. The predicted molar refractivity (Wildman–Crippen MR) is 98.0 cm³/mol. The number of amides is 1. The topological polar surface area (TPSA) is 103 Å². The minimum Gasteiger partial charge on any atom is -0.384 e. The van der Waals surface area contributed by atoms with Crippen molar-refractivity contribution in [1.29, 1.82) is 0 Å². The number of benzene rings is 1. The van der Waals surface area contributed by atoms with Gasteiger partial charge in [-0.15, -0.1) is 0 Å². The molecule has 8 nitrogen and oxygen atoms in total. The summed E-state index contributed by atoms with van der Waals surface area (Å²) in [6.07, 6.45) is 2.29. The number of hydrogen-bond donors (Lipinski definition) is 1. The predicted octanol–water partition coefficient (Wildman–Crippen LogP) is 2.26. The summed E-state index contributed by atoms with van der Waals surface area (Å²) in [7, 11) is 1.61. The molecular weight excluding hydrogens is 346 g/mol. The first-order chi connectivity index (χ1) is 13.1. The molecule has 0 aliphatic rings. The zero-order valence-corrected chi connectivity index (χ0v) is 15.5. The van der Waals surface area contributed by atoms with Crippen LogP contribution in [0.4, 0.5) is 0 Å². The van der Waals surface area contributed by atoms with Gasteiger partial charge in [-0.3, -0.25) is 9.78 Å². The third-order valence-corrected chi connectivity index (χ3v) is 3.91. The molecule has 0 saturated heterocycles. The van der Waals surface area contributed by atoms with Gasteiger partial charge in [0.15, 0.2) is 5.82 Å². The number of carbonyl (C=O) groups excluding carboxylic acids is 1. The third-order valence-electron chi connectivity index (χ3n) is 3.91. The van der Waals surface area contributed by atoms with Crippen LogP contribution in [0.25, 0.3) is 11.3 Å². The van der Waals surface area contributed by atoms with E-state index in [0.29, 0.717) is 30.3 Å². The summed E-state index contributed by atoms with van der Waals surface area (Å²) in [5, 5.41) is 6.63. The van der Waals surface area contributed by atoms with Crippen LogP contribution in [0.2, 0.25) is 0 Å². The minimum absolute atomic E-state index is 0.159. The molecule has 0 bridgehead atoms. The van der Waals surface area contributed by atoms with Gasteiger partial charge in [-0.25, -0.2) is 4.98 Å². The summed E-state index contributed by atoms with van der Waals surface area (Å²) >= 11 is 0. The van der Waals surface area contributed by atoms with Crippen molar-refractivity contribution in [2.45, 2.75) is 26.8 Å². The fourth-order valence-electron chi connectivity index (χ4n) is 2.53. The lowest BCUT2D eigenvalue weighted by molar-refractivity contribution is 0.0946. The molecule has 2 heterocycles. The first-order valence-electron chi connectivity index (χ1n) is 8.56. The van der Waals surface area contributed by atoms with Gasteiger partial charge in [0.05, 0.1) is 30.2 Å². The highest BCUT2D eigenvalue weighted by molar-refractivity contribution is 5.95. The highest BCUT2D eigenvalue weighted by Crippen LogP contribution is 2.21. The van der Waals surface area contributed by atoms with Gasteiger partial charge in [-0.1, -0.05) is 17.3 Å². The van der Waals surface area contributed by atoms with Gasteiger partial charge in [-0.05, 0) is 26.0 Å². The zero-order valence-electron chi connectivity index (χ0n) is 15.5. The van der Waals surface area contributed by atoms with E-state index in [1.165, 1.54) is 0 Å². The molecule has 8 heteroatoms. The van der Waals surface area contributed by atoms with Crippen LogP contribution in [-0.2, 0) is 17.7 Å². The van der Waals surface area contributed by atoms with E-state index in [0.717, 1.165) is 22.6 Å². The molecule has 1 amide bonds. The SMILES string of the molecule is COCCc1noc(CNC(=O)c2cccc(-c3nc(C)cnc3C)c2)n1. The van der Waals surface area contributed by atoms with Crippen LogP contribution < -0.4 is 5.32 Å². The van der Waals surface area contributed by atoms with E-state index in [1.54, 1.807) is 25.4 Å². The van der Waals surface area contributed by atoms with E-state index in [9.17, 15) is 4.79 Å². The largest absolute Gasteiger partial charge is 0.384 e. The third kappa shape index (κ3) is 4.73. The molecule has 2 aromatic heterocycles. The molecule has 0 unspecified atom stereocenters. The van der Waals surface area contributed by atoms with E-state index in [2.05, 4.69) is 25.4 Å². The van der Waals surface area contributed by atoms with Gasteiger partial charge < -0.3 is 14.6 Å². The molecule has 0 radical (unpaired) electrons. The van der Waals surface area contributed by atoms with Crippen molar-refractivity contribution in [1.82, 2.24) is 25.4 Å². The monoisotopic (exact) mass is 367 g/mol. The van der Waals surface area contributed by atoms with Crippen LogP contribution in [0, 0.1) is 13.8 Å². The normalized spacial score (nSPS) is 10.8. The van der Waals surface area contributed by atoms with Crippen molar-refractivity contribution in [2.75, 3.05) is 13.7 Å². The van der Waals surface area contributed by atoms with Crippen LogP contribution in [0.5, 0.6) is 0 Å². The maximum absolute atomic E-state index is 12.5. The second-order valence-electron chi connectivity index (χ2n) is 6.06. The number of rotatable bonds is 7. The van der Waals surface area contributed by atoms with Crippen LogP contribution in [0.1, 0.15) is 33.5 Å². The number of nitrogens with one attached hydrogen (secondary N) is 1. The number of ether oxygens (including phenoxy) is 1. The molecule has 27 heavy (non-hydrogen) atoms. The van der Waals surface area contributed by atoms with Crippen molar-refractivity contribution in [3.8, 4) is 11.3 Å². The summed E-state index contributed by atoms with van der Waals surface area (Å²) in [6, 6.07) is 7.27. The summed E-state index contributed by atoms with van der Waals surface area (Å²) in [5.74, 6) is 0.675. The highest BCUT2D eigenvalue weighted by atomic mass is 16.5. The lowest BCUT2D eigenvalue weighted by atomic mass is 10.1. The molecule has 3 rings (SSSR count). The Morgan fingerprint density at radius 2 is 2.11 bits per heavy atom. The Morgan fingerprint density at radius 1 is 1.26 bits per heavy atom. The Labute approximate surface area is 157 Å². The molecule has 0 saturated carbocycles. The number of nitrogens with zero attached hydrogens (tertiary/aromatic N) is 4. The van der Waals surface area contributed by atoms with Crippen LogP contribution in [0.3, 0.4) is 0 Å². The molecule has 1 aromatic carbocycles. The van der Waals surface area contributed by atoms with Crippen molar-refractivity contribution in [3.63, 3.8) is 0 Å². The van der Waals surface area contributed by atoms with Gasteiger partial charge in [-0.2, -0.15) is 4.98 Å². The number of hydrogen-bond acceptors (Lipinski definition) is 7.